The Hall–Kier alpha value is -0.960. The molecular formula is C10H12N2S. The first-order chi connectivity index (χ1) is 6.25. The highest BCUT2D eigenvalue weighted by atomic mass is 32.2. The van der Waals surface area contributed by atoms with Crippen LogP contribution in [0, 0.1) is 0 Å². The van der Waals surface area contributed by atoms with Gasteiger partial charge in [0.15, 0.2) is 0 Å². The van der Waals surface area contributed by atoms with Crippen LogP contribution in [-0.4, -0.2) is 14.6 Å². The third kappa shape index (κ3) is 1.86. The molecule has 0 aliphatic rings. The summed E-state index contributed by atoms with van der Waals surface area (Å²) in [5.74, 6) is 0. The second-order valence-electron chi connectivity index (χ2n) is 3.21. The summed E-state index contributed by atoms with van der Waals surface area (Å²) >= 11 is 1.79. The largest absolute Gasteiger partial charge is 0.306 e. The Morgan fingerprint density at radius 2 is 2.23 bits per heavy atom. The maximum Gasteiger partial charge on any atom is 0.138 e. The summed E-state index contributed by atoms with van der Waals surface area (Å²) in [6.07, 6.45) is 4.09. The predicted molar refractivity (Wildman–Crippen MR) is 56.2 cm³/mol. The van der Waals surface area contributed by atoms with Crippen molar-refractivity contribution in [3.63, 3.8) is 0 Å². The number of fused-ring (bicyclic) bond motifs is 1. The van der Waals surface area contributed by atoms with Crippen LogP contribution in [0.5, 0.6) is 0 Å². The molecule has 2 heterocycles. The number of hydrogen-bond acceptors (Lipinski definition) is 2. The van der Waals surface area contributed by atoms with Gasteiger partial charge in [0, 0.05) is 17.6 Å². The van der Waals surface area contributed by atoms with E-state index in [1.807, 2.05) is 28.8 Å². The quantitative estimate of drug-likeness (QED) is 0.681. The van der Waals surface area contributed by atoms with Crippen LogP contribution < -0.4 is 0 Å². The molecule has 3 heteroatoms. The summed E-state index contributed by atoms with van der Waals surface area (Å²) in [7, 11) is 0. The molecule has 0 aliphatic heterocycles. The number of nitrogens with zero attached hydrogens (tertiary/aromatic N) is 2. The molecule has 2 aromatic heterocycles. The van der Waals surface area contributed by atoms with Crippen molar-refractivity contribution < 1.29 is 0 Å². The van der Waals surface area contributed by atoms with E-state index in [1.54, 1.807) is 11.8 Å². The van der Waals surface area contributed by atoms with Crippen molar-refractivity contribution in [2.45, 2.75) is 24.1 Å². The van der Waals surface area contributed by atoms with E-state index in [9.17, 15) is 0 Å². The Morgan fingerprint density at radius 1 is 1.38 bits per heavy atom. The van der Waals surface area contributed by atoms with Gasteiger partial charge in [-0.1, -0.05) is 19.9 Å². The maximum atomic E-state index is 4.48. The average molecular weight is 192 g/mol. The number of aromatic nitrogens is 2. The van der Waals surface area contributed by atoms with Crippen LogP contribution in [0.15, 0.2) is 35.6 Å². The second-order valence-corrected chi connectivity index (χ2v) is 4.81. The zero-order valence-corrected chi connectivity index (χ0v) is 8.58. The smallest absolute Gasteiger partial charge is 0.138 e. The summed E-state index contributed by atoms with van der Waals surface area (Å²) < 4.78 is 2.05. The topological polar surface area (TPSA) is 17.3 Å². The van der Waals surface area contributed by atoms with Crippen molar-refractivity contribution in [3.05, 3.63) is 30.6 Å². The van der Waals surface area contributed by atoms with E-state index < -0.39 is 0 Å². The molecule has 0 saturated carbocycles. The standard InChI is InChI=1S/C10H12N2S/c1-8(2)13-10-7-12-6-4-3-5-9(12)11-10/h3-8H,1-2H3. The molecule has 0 N–H and O–H groups in total. The van der Waals surface area contributed by atoms with E-state index in [-0.39, 0.29) is 0 Å². The summed E-state index contributed by atoms with van der Waals surface area (Å²) in [6.45, 7) is 4.35. The van der Waals surface area contributed by atoms with Crippen molar-refractivity contribution in [2.75, 3.05) is 0 Å². The van der Waals surface area contributed by atoms with Crippen molar-refractivity contribution in [3.8, 4) is 0 Å². The molecular weight excluding hydrogens is 180 g/mol. The van der Waals surface area contributed by atoms with Crippen molar-refractivity contribution >= 4 is 17.4 Å². The van der Waals surface area contributed by atoms with Crippen molar-refractivity contribution in [1.82, 2.24) is 9.38 Å². The van der Waals surface area contributed by atoms with Crippen LogP contribution in [0.1, 0.15) is 13.8 Å². The molecule has 0 unspecified atom stereocenters. The molecule has 0 saturated heterocycles. The lowest BCUT2D eigenvalue weighted by Crippen LogP contribution is -1.84. The highest BCUT2D eigenvalue weighted by molar-refractivity contribution is 7.99. The van der Waals surface area contributed by atoms with Crippen LogP contribution in [0.3, 0.4) is 0 Å². The van der Waals surface area contributed by atoms with Crippen molar-refractivity contribution in [2.24, 2.45) is 0 Å². The molecule has 0 radical (unpaired) electrons. The molecule has 2 rings (SSSR count). The minimum absolute atomic E-state index is 0.588. The van der Waals surface area contributed by atoms with E-state index in [0.29, 0.717) is 5.25 Å². The molecule has 2 nitrogen and oxygen atoms in total. The summed E-state index contributed by atoms with van der Waals surface area (Å²) in [5, 5.41) is 1.69. The fourth-order valence-electron chi connectivity index (χ4n) is 1.21. The number of pyridine rings is 1. The van der Waals surface area contributed by atoms with Crippen LogP contribution in [0.4, 0.5) is 0 Å². The third-order valence-corrected chi connectivity index (χ3v) is 2.61. The van der Waals surface area contributed by atoms with Gasteiger partial charge in [-0.2, -0.15) is 0 Å². The lowest BCUT2D eigenvalue weighted by molar-refractivity contribution is 1.09. The third-order valence-electron chi connectivity index (χ3n) is 1.70. The Bertz CT molecular complexity index is 373. The number of hydrogen-bond donors (Lipinski definition) is 0. The molecule has 0 aliphatic carbocycles. The summed E-state index contributed by atoms with van der Waals surface area (Å²) in [6, 6.07) is 6.04. The Balaban J connectivity index is 2.38. The van der Waals surface area contributed by atoms with Crippen LogP contribution in [0.25, 0.3) is 5.65 Å². The fraction of sp³-hybridized carbons (Fsp3) is 0.300. The number of thioether (sulfide) groups is 1. The molecule has 0 spiro atoms. The van der Waals surface area contributed by atoms with Gasteiger partial charge in [-0.3, -0.25) is 0 Å². The van der Waals surface area contributed by atoms with Gasteiger partial charge in [0.2, 0.25) is 0 Å². The Kier molecular flexibility index (Phi) is 2.27. The fourth-order valence-corrected chi connectivity index (χ4v) is 2.01. The SMILES string of the molecule is CC(C)Sc1cn2ccccc2n1. The van der Waals surface area contributed by atoms with Crippen LogP contribution in [-0.2, 0) is 0 Å². The summed E-state index contributed by atoms with van der Waals surface area (Å²) in [4.78, 5) is 4.48. The van der Waals surface area contributed by atoms with Gasteiger partial charge < -0.3 is 4.40 Å². The first-order valence-corrected chi connectivity index (χ1v) is 5.24. The Morgan fingerprint density at radius 3 is 2.92 bits per heavy atom. The molecule has 2 aromatic rings. The average Bonchev–Trinajstić information content (AvgIpc) is 2.44. The molecule has 0 bridgehead atoms. The lowest BCUT2D eigenvalue weighted by atomic mass is 10.5. The van der Waals surface area contributed by atoms with Crippen molar-refractivity contribution in [1.29, 1.82) is 0 Å². The molecule has 0 amide bonds. The van der Waals surface area contributed by atoms with Crippen LogP contribution >= 0.6 is 11.8 Å². The normalized spacial score (nSPS) is 11.3. The highest BCUT2D eigenvalue weighted by Crippen LogP contribution is 2.21. The zero-order valence-electron chi connectivity index (χ0n) is 7.77. The van der Waals surface area contributed by atoms with Gasteiger partial charge in [-0.05, 0) is 12.1 Å². The predicted octanol–water partition coefficient (Wildman–Crippen LogP) is 2.83. The zero-order chi connectivity index (χ0) is 9.26. The van der Waals surface area contributed by atoms with Gasteiger partial charge in [0.1, 0.15) is 10.7 Å². The Labute approximate surface area is 82.0 Å². The lowest BCUT2D eigenvalue weighted by Gasteiger charge is -1.97. The van der Waals surface area contributed by atoms with Gasteiger partial charge >= 0.3 is 0 Å². The minimum atomic E-state index is 0.588. The second kappa shape index (κ2) is 3.42. The summed E-state index contributed by atoms with van der Waals surface area (Å²) in [5.41, 5.74) is 1.02. The minimum Gasteiger partial charge on any atom is -0.306 e. The van der Waals surface area contributed by atoms with E-state index in [4.69, 9.17) is 0 Å². The molecule has 68 valence electrons. The van der Waals surface area contributed by atoms with Gasteiger partial charge in [-0.15, -0.1) is 11.8 Å². The van der Waals surface area contributed by atoms with Crippen LogP contribution in [0.2, 0.25) is 0 Å². The molecule has 13 heavy (non-hydrogen) atoms. The maximum absolute atomic E-state index is 4.48. The number of rotatable bonds is 2. The molecule has 0 aromatic carbocycles. The van der Waals surface area contributed by atoms with E-state index in [1.165, 1.54) is 0 Å². The van der Waals surface area contributed by atoms with Gasteiger partial charge in [0.05, 0.1) is 0 Å². The van der Waals surface area contributed by atoms with E-state index >= 15 is 0 Å². The van der Waals surface area contributed by atoms with E-state index in [0.717, 1.165) is 10.7 Å². The van der Waals surface area contributed by atoms with Gasteiger partial charge in [0.25, 0.3) is 0 Å². The highest BCUT2D eigenvalue weighted by Gasteiger charge is 2.02. The first kappa shape index (κ1) is 8.63. The molecule has 0 atom stereocenters. The monoisotopic (exact) mass is 192 g/mol. The van der Waals surface area contributed by atoms with E-state index in [2.05, 4.69) is 25.0 Å². The molecule has 0 fully saturated rings. The van der Waals surface area contributed by atoms with Gasteiger partial charge in [-0.25, -0.2) is 4.98 Å². The number of imidazole rings is 1. The first-order valence-electron chi connectivity index (χ1n) is 4.36.